The molecule has 1 aliphatic rings. The maximum absolute atomic E-state index is 12.2. The SMILES string of the molecule is CC1CC(CNC(=O)c2ccc(N(C)c3ccccc3)nc2)CN1. The highest BCUT2D eigenvalue weighted by Gasteiger charge is 2.21. The highest BCUT2D eigenvalue weighted by molar-refractivity contribution is 5.94. The normalized spacial score (nSPS) is 19.9. The second-order valence-corrected chi connectivity index (χ2v) is 6.42. The van der Waals surface area contributed by atoms with Crippen LogP contribution in [0.3, 0.4) is 0 Å². The summed E-state index contributed by atoms with van der Waals surface area (Å²) in [6.45, 7) is 3.86. The standard InChI is InChI=1S/C19H24N4O/c1-14-10-15(11-20-14)12-22-19(24)16-8-9-18(21-13-16)23(2)17-6-4-3-5-7-17/h3-9,13-15,20H,10-12H2,1-2H3,(H,22,24). The Morgan fingerprint density at radius 3 is 2.71 bits per heavy atom. The van der Waals surface area contributed by atoms with Crippen molar-refractivity contribution in [3.63, 3.8) is 0 Å². The number of nitrogens with one attached hydrogen (secondary N) is 2. The molecule has 0 radical (unpaired) electrons. The van der Waals surface area contributed by atoms with E-state index in [4.69, 9.17) is 0 Å². The molecule has 2 N–H and O–H groups in total. The molecule has 1 aliphatic heterocycles. The van der Waals surface area contributed by atoms with Gasteiger partial charge in [0.25, 0.3) is 5.91 Å². The first-order chi connectivity index (χ1) is 11.6. The molecule has 0 aliphatic carbocycles. The van der Waals surface area contributed by atoms with Crippen LogP contribution in [0, 0.1) is 5.92 Å². The van der Waals surface area contributed by atoms with E-state index in [9.17, 15) is 4.79 Å². The molecule has 2 atom stereocenters. The van der Waals surface area contributed by atoms with E-state index in [1.165, 1.54) is 0 Å². The summed E-state index contributed by atoms with van der Waals surface area (Å²) >= 11 is 0. The average Bonchev–Trinajstić information content (AvgIpc) is 3.05. The summed E-state index contributed by atoms with van der Waals surface area (Å²) in [5, 5.41) is 6.41. The van der Waals surface area contributed by atoms with E-state index >= 15 is 0 Å². The van der Waals surface area contributed by atoms with Crippen LogP contribution in [0.4, 0.5) is 11.5 Å². The number of aromatic nitrogens is 1. The molecule has 2 heterocycles. The third-order valence-electron chi connectivity index (χ3n) is 4.49. The molecule has 1 aromatic carbocycles. The van der Waals surface area contributed by atoms with Crippen LogP contribution >= 0.6 is 0 Å². The van der Waals surface area contributed by atoms with Gasteiger partial charge in [0.2, 0.25) is 0 Å². The molecule has 1 amide bonds. The lowest BCUT2D eigenvalue weighted by Gasteiger charge is -2.18. The molecular formula is C19H24N4O. The van der Waals surface area contributed by atoms with Crippen molar-refractivity contribution < 1.29 is 4.79 Å². The number of carbonyl (C=O) groups excluding carboxylic acids is 1. The number of pyridine rings is 1. The van der Waals surface area contributed by atoms with E-state index in [-0.39, 0.29) is 5.91 Å². The lowest BCUT2D eigenvalue weighted by molar-refractivity contribution is 0.0947. The number of hydrogen-bond donors (Lipinski definition) is 2. The first-order valence-electron chi connectivity index (χ1n) is 8.40. The van der Waals surface area contributed by atoms with Crippen LogP contribution in [0.25, 0.3) is 0 Å². The van der Waals surface area contributed by atoms with Crippen molar-refractivity contribution in [3.8, 4) is 0 Å². The molecular weight excluding hydrogens is 300 g/mol. The summed E-state index contributed by atoms with van der Waals surface area (Å²) in [7, 11) is 1.96. The van der Waals surface area contributed by atoms with Gasteiger partial charge in [0.1, 0.15) is 5.82 Å². The van der Waals surface area contributed by atoms with Gasteiger partial charge in [-0.05, 0) is 50.1 Å². The fourth-order valence-electron chi connectivity index (χ4n) is 3.03. The molecule has 1 fully saturated rings. The van der Waals surface area contributed by atoms with Crippen molar-refractivity contribution in [3.05, 3.63) is 54.2 Å². The summed E-state index contributed by atoms with van der Waals surface area (Å²) in [6, 6.07) is 14.3. The molecule has 0 saturated carbocycles. The monoisotopic (exact) mass is 324 g/mol. The molecule has 1 aromatic heterocycles. The lowest BCUT2D eigenvalue weighted by Crippen LogP contribution is -2.30. The number of anilines is 2. The van der Waals surface area contributed by atoms with Crippen LogP contribution in [-0.4, -0.2) is 37.1 Å². The van der Waals surface area contributed by atoms with Gasteiger partial charge >= 0.3 is 0 Å². The molecule has 2 unspecified atom stereocenters. The number of benzene rings is 1. The van der Waals surface area contributed by atoms with E-state index in [1.54, 1.807) is 6.20 Å². The van der Waals surface area contributed by atoms with Gasteiger partial charge in [-0.2, -0.15) is 0 Å². The number of amides is 1. The van der Waals surface area contributed by atoms with Gasteiger partial charge in [-0.1, -0.05) is 18.2 Å². The Kier molecular flexibility index (Phi) is 5.11. The molecule has 0 spiro atoms. The summed E-state index contributed by atoms with van der Waals surface area (Å²) in [5.41, 5.74) is 1.66. The average molecular weight is 324 g/mol. The number of nitrogens with zero attached hydrogens (tertiary/aromatic N) is 2. The van der Waals surface area contributed by atoms with Crippen LogP contribution in [-0.2, 0) is 0 Å². The molecule has 2 aromatic rings. The maximum atomic E-state index is 12.2. The zero-order chi connectivity index (χ0) is 16.9. The van der Waals surface area contributed by atoms with E-state index in [2.05, 4.69) is 22.5 Å². The van der Waals surface area contributed by atoms with E-state index in [0.717, 1.165) is 24.5 Å². The highest BCUT2D eigenvalue weighted by Crippen LogP contribution is 2.21. The number of para-hydroxylation sites is 1. The Hall–Kier alpha value is -2.40. The van der Waals surface area contributed by atoms with Gasteiger partial charge in [-0.25, -0.2) is 4.98 Å². The van der Waals surface area contributed by atoms with Gasteiger partial charge in [0.15, 0.2) is 0 Å². The molecule has 3 rings (SSSR count). The highest BCUT2D eigenvalue weighted by atomic mass is 16.1. The largest absolute Gasteiger partial charge is 0.352 e. The zero-order valence-corrected chi connectivity index (χ0v) is 14.2. The Morgan fingerprint density at radius 2 is 2.08 bits per heavy atom. The molecule has 126 valence electrons. The van der Waals surface area contributed by atoms with Gasteiger partial charge in [0.05, 0.1) is 5.56 Å². The Bertz CT molecular complexity index is 672. The van der Waals surface area contributed by atoms with Crippen LogP contribution in [0.1, 0.15) is 23.7 Å². The van der Waals surface area contributed by atoms with Crippen molar-refractivity contribution in [1.29, 1.82) is 0 Å². The second-order valence-electron chi connectivity index (χ2n) is 6.42. The summed E-state index contributed by atoms with van der Waals surface area (Å²) < 4.78 is 0. The molecule has 5 heteroatoms. The maximum Gasteiger partial charge on any atom is 0.252 e. The lowest BCUT2D eigenvalue weighted by atomic mass is 10.1. The van der Waals surface area contributed by atoms with Gasteiger partial charge < -0.3 is 15.5 Å². The van der Waals surface area contributed by atoms with Crippen LogP contribution in [0.5, 0.6) is 0 Å². The molecule has 24 heavy (non-hydrogen) atoms. The minimum atomic E-state index is -0.0593. The first kappa shape index (κ1) is 16.5. The summed E-state index contributed by atoms with van der Waals surface area (Å²) in [6.07, 6.45) is 2.75. The smallest absolute Gasteiger partial charge is 0.252 e. The quantitative estimate of drug-likeness (QED) is 0.887. The van der Waals surface area contributed by atoms with Crippen molar-refractivity contribution in [2.45, 2.75) is 19.4 Å². The first-order valence-corrected chi connectivity index (χ1v) is 8.40. The molecule has 5 nitrogen and oxygen atoms in total. The van der Waals surface area contributed by atoms with Crippen molar-refractivity contribution in [2.24, 2.45) is 5.92 Å². The number of rotatable bonds is 5. The third kappa shape index (κ3) is 3.92. The van der Waals surface area contributed by atoms with E-state index < -0.39 is 0 Å². The van der Waals surface area contributed by atoms with E-state index in [1.807, 2.05) is 54.4 Å². The molecule has 0 bridgehead atoms. The van der Waals surface area contributed by atoms with Gasteiger partial charge in [0, 0.05) is 31.5 Å². The summed E-state index contributed by atoms with van der Waals surface area (Å²) in [4.78, 5) is 18.7. The van der Waals surface area contributed by atoms with Crippen molar-refractivity contribution in [2.75, 3.05) is 25.0 Å². The zero-order valence-electron chi connectivity index (χ0n) is 14.2. The van der Waals surface area contributed by atoms with Gasteiger partial charge in [-0.15, -0.1) is 0 Å². The van der Waals surface area contributed by atoms with Crippen LogP contribution < -0.4 is 15.5 Å². The number of hydrogen-bond acceptors (Lipinski definition) is 4. The number of carbonyl (C=O) groups is 1. The predicted octanol–water partition coefficient (Wildman–Crippen LogP) is 2.58. The second kappa shape index (κ2) is 7.45. The minimum absolute atomic E-state index is 0.0593. The predicted molar refractivity (Wildman–Crippen MR) is 96.6 cm³/mol. The van der Waals surface area contributed by atoms with Gasteiger partial charge in [-0.3, -0.25) is 4.79 Å². The molecule has 1 saturated heterocycles. The van der Waals surface area contributed by atoms with Crippen LogP contribution in [0.15, 0.2) is 48.7 Å². The third-order valence-corrected chi connectivity index (χ3v) is 4.49. The topological polar surface area (TPSA) is 57.3 Å². The minimum Gasteiger partial charge on any atom is -0.352 e. The fourth-order valence-corrected chi connectivity index (χ4v) is 3.03. The van der Waals surface area contributed by atoms with Crippen molar-refractivity contribution in [1.82, 2.24) is 15.6 Å². The van der Waals surface area contributed by atoms with Crippen molar-refractivity contribution >= 4 is 17.4 Å². The Balaban J connectivity index is 1.58. The van der Waals surface area contributed by atoms with E-state index in [0.29, 0.717) is 24.1 Å². The summed E-state index contributed by atoms with van der Waals surface area (Å²) in [5.74, 6) is 1.27. The Labute approximate surface area is 143 Å². The fraction of sp³-hybridized carbons (Fsp3) is 0.368. The Morgan fingerprint density at radius 1 is 1.29 bits per heavy atom. The van der Waals surface area contributed by atoms with Crippen LogP contribution in [0.2, 0.25) is 0 Å².